The monoisotopic (exact) mass is 179 g/mol. The lowest BCUT2D eigenvalue weighted by Crippen LogP contribution is -2.04. The lowest BCUT2D eigenvalue weighted by Gasteiger charge is -2.09. The van der Waals surface area contributed by atoms with Crippen LogP contribution in [0.3, 0.4) is 0 Å². The highest BCUT2D eigenvalue weighted by atomic mass is 14.9. The molecule has 0 saturated heterocycles. The maximum Gasteiger partial charge on any atom is 0.107 e. The van der Waals surface area contributed by atoms with Crippen LogP contribution in [0, 0.1) is 5.92 Å². The predicted octanol–water partition coefficient (Wildman–Crippen LogP) is 2.12. The second kappa shape index (κ2) is 5.30. The number of nitrogens with two attached hydrogens (primary N) is 1. The average molecular weight is 179 g/mol. The quantitative estimate of drug-likeness (QED) is 0.521. The summed E-state index contributed by atoms with van der Waals surface area (Å²) in [6, 6.07) is 0. The smallest absolute Gasteiger partial charge is 0.107 e. The summed E-state index contributed by atoms with van der Waals surface area (Å²) < 4.78 is 0. The first kappa shape index (κ1) is 11.6. The van der Waals surface area contributed by atoms with Gasteiger partial charge in [0.25, 0.3) is 0 Å². The van der Waals surface area contributed by atoms with Crippen molar-refractivity contribution in [2.24, 2.45) is 21.6 Å². The zero-order valence-corrected chi connectivity index (χ0v) is 8.54. The van der Waals surface area contributed by atoms with E-state index in [9.17, 15) is 0 Å². The van der Waals surface area contributed by atoms with Crippen LogP contribution in [0.4, 0.5) is 0 Å². The summed E-state index contributed by atoms with van der Waals surface area (Å²) in [5, 5.41) is 0. The number of hydrogen-bond donors (Lipinski definition) is 1. The van der Waals surface area contributed by atoms with Crippen molar-refractivity contribution in [2.45, 2.75) is 20.8 Å². The summed E-state index contributed by atoms with van der Waals surface area (Å²) in [6.07, 6.45) is 1.67. The Kier molecular flexibility index (Phi) is 4.74. The molecule has 0 aliphatic heterocycles. The van der Waals surface area contributed by atoms with Crippen LogP contribution < -0.4 is 5.73 Å². The van der Waals surface area contributed by atoms with E-state index < -0.39 is 0 Å². The van der Waals surface area contributed by atoms with Gasteiger partial charge in [0.1, 0.15) is 5.70 Å². The number of aliphatic imine (C=N–C) groups is 2. The third kappa shape index (κ3) is 3.23. The Labute approximate surface area is 79.8 Å². The van der Waals surface area contributed by atoms with Gasteiger partial charge >= 0.3 is 0 Å². The molecule has 0 spiro atoms. The molecule has 13 heavy (non-hydrogen) atoms. The third-order valence-electron chi connectivity index (χ3n) is 1.52. The minimum Gasteiger partial charge on any atom is -0.397 e. The van der Waals surface area contributed by atoms with Crippen molar-refractivity contribution in [3.63, 3.8) is 0 Å². The topological polar surface area (TPSA) is 50.7 Å². The Morgan fingerprint density at radius 2 is 2.00 bits per heavy atom. The molecule has 0 aromatic heterocycles. The number of rotatable bonds is 4. The fraction of sp³-hybridized carbons (Fsp3) is 0.400. The molecule has 2 N–H and O–H groups in total. The maximum atomic E-state index is 5.58. The summed E-state index contributed by atoms with van der Waals surface area (Å²) in [5.41, 5.74) is 7.42. The van der Waals surface area contributed by atoms with Crippen LogP contribution in [0.2, 0.25) is 0 Å². The van der Waals surface area contributed by atoms with Crippen molar-refractivity contribution in [1.29, 1.82) is 0 Å². The molecule has 0 aromatic rings. The van der Waals surface area contributed by atoms with Gasteiger partial charge in [0.15, 0.2) is 0 Å². The molecule has 0 saturated carbocycles. The average Bonchev–Trinajstić information content (AvgIpc) is 2.03. The zero-order valence-electron chi connectivity index (χ0n) is 8.54. The van der Waals surface area contributed by atoms with Gasteiger partial charge in [0.05, 0.1) is 11.4 Å². The van der Waals surface area contributed by atoms with Gasteiger partial charge in [-0.2, -0.15) is 0 Å². The Bertz CT molecular complexity index is 259. The SMILES string of the molecule is C=N/C(=C(/N=C\C)C(=C)N)C(C)C. The molecule has 72 valence electrons. The molecular formula is C10H17N3. The van der Waals surface area contributed by atoms with E-state index in [0.717, 1.165) is 5.70 Å². The maximum absolute atomic E-state index is 5.58. The van der Waals surface area contributed by atoms with Gasteiger partial charge < -0.3 is 5.73 Å². The highest BCUT2D eigenvalue weighted by Gasteiger charge is 2.08. The van der Waals surface area contributed by atoms with E-state index in [1.54, 1.807) is 6.21 Å². The summed E-state index contributed by atoms with van der Waals surface area (Å²) in [5.74, 6) is 0.247. The molecule has 0 unspecified atom stereocenters. The van der Waals surface area contributed by atoms with Crippen molar-refractivity contribution in [2.75, 3.05) is 0 Å². The molecule has 0 aromatic carbocycles. The zero-order chi connectivity index (χ0) is 10.4. The fourth-order valence-electron chi connectivity index (χ4n) is 0.974. The van der Waals surface area contributed by atoms with Crippen molar-refractivity contribution in [3.8, 4) is 0 Å². The van der Waals surface area contributed by atoms with Crippen LogP contribution in [0.15, 0.2) is 33.7 Å². The van der Waals surface area contributed by atoms with Crippen LogP contribution in [0.5, 0.6) is 0 Å². The third-order valence-corrected chi connectivity index (χ3v) is 1.52. The highest BCUT2D eigenvalue weighted by molar-refractivity contribution is 5.57. The minimum absolute atomic E-state index is 0.247. The van der Waals surface area contributed by atoms with Crippen LogP contribution in [0.1, 0.15) is 20.8 Å². The molecule has 0 heterocycles. The minimum atomic E-state index is 0.247. The van der Waals surface area contributed by atoms with Crippen LogP contribution >= 0.6 is 0 Å². The van der Waals surface area contributed by atoms with E-state index in [0.29, 0.717) is 11.4 Å². The summed E-state index contributed by atoms with van der Waals surface area (Å²) >= 11 is 0. The molecule has 3 nitrogen and oxygen atoms in total. The summed E-state index contributed by atoms with van der Waals surface area (Å²) in [4.78, 5) is 8.02. The summed E-state index contributed by atoms with van der Waals surface area (Å²) in [6.45, 7) is 13.0. The molecule has 0 amide bonds. The second-order valence-electron chi connectivity index (χ2n) is 2.96. The molecule has 0 atom stereocenters. The van der Waals surface area contributed by atoms with E-state index in [2.05, 4.69) is 23.3 Å². The van der Waals surface area contributed by atoms with Crippen molar-refractivity contribution < 1.29 is 0 Å². The molecule has 0 bridgehead atoms. The Hall–Kier alpha value is -1.38. The Morgan fingerprint density at radius 3 is 2.23 bits per heavy atom. The molecule has 0 rings (SSSR count). The summed E-state index contributed by atoms with van der Waals surface area (Å²) in [7, 11) is 0. The molecule has 3 heteroatoms. The normalized spacial score (nSPS) is 13.2. The first-order valence-electron chi connectivity index (χ1n) is 4.18. The van der Waals surface area contributed by atoms with Gasteiger partial charge in [-0.3, -0.25) is 9.98 Å². The number of allylic oxidation sites excluding steroid dienone is 1. The van der Waals surface area contributed by atoms with Crippen LogP contribution in [0.25, 0.3) is 0 Å². The van der Waals surface area contributed by atoms with Gasteiger partial charge in [-0.15, -0.1) is 0 Å². The van der Waals surface area contributed by atoms with Gasteiger partial charge in [-0.25, -0.2) is 0 Å². The van der Waals surface area contributed by atoms with Crippen LogP contribution in [-0.4, -0.2) is 12.9 Å². The van der Waals surface area contributed by atoms with Crippen molar-refractivity contribution >= 4 is 12.9 Å². The molecular weight excluding hydrogens is 162 g/mol. The molecule has 0 radical (unpaired) electrons. The van der Waals surface area contributed by atoms with E-state index in [4.69, 9.17) is 5.73 Å². The second-order valence-corrected chi connectivity index (χ2v) is 2.96. The highest BCUT2D eigenvalue weighted by Crippen LogP contribution is 2.19. The van der Waals surface area contributed by atoms with Gasteiger partial charge in [-0.1, -0.05) is 20.4 Å². The standard InChI is InChI=1S/C10H17N3/c1-6-13-10(8(4)11)9(12-5)7(2)3/h6-7H,4-5,11H2,1-3H3/b10-9+,13-6-. The number of nitrogens with zero attached hydrogens (tertiary/aromatic N) is 2. The van der Waals surface area contributed by atoms with Crippen molar-refractivity contribution in [3.05, 3.63) is 23.7 Å². The van der Waals surface area contributed by atoms with Gasteiger partial charge in [-0.05, 0) is 19.6 Å². The largest absolute Gasteiger partial charge is 0.397 e. The molecule has 0 fully saturated rings. The van der Waals surface area contributed by atoms with E-state index in [1.165, 1.54) is 0 Å². The van der Waals surface area contributed by atoms with E-state index in [-0.39, 0.29) is 5.92 Å². The molecule has 0 aliphatic rings. The van der Waals surface area contributed by atoms with Crippen LogP contribution in [-0.2, 0) is 0 Å². The van der Waals surface area contributed by atoms with Crippen molar-refractivity contribution in [1.82, 2.24) is 0 Å². The van der Waals surface area contributed by atoms with Gasteiger partial charge in [0.2, 0.25) is 0 Å². The predicted molar refractivity (Wildman–Crippen MR) is 58.9 cm³/mol. The first-order chi connectivity index (χ1) is 6.04. The Balaban J connectivity index is 5.25. The lowest BCUT2D eigenvalue weighted by molar-refractivity contribution is 0.746. The first-order valence-corrected chi connectivity index (χ1v) is 4.18. The lowest BCUT2D eigenvalue weighted by atomic mass is 10.1. The fourth-order valence-corrected chi connectivity index (χ4v) is 0.974. The molecule has 0 aliphatic carbocycles. The Morgan fingerprint density at radius 1 is 1.46 bits per heavy atom. The van der Waals surface area contributed by atoms with Gasteiger partial charge in [0, 0.05) is 6.21 Å². The van der Waals surface area contributed by atoms with E-state index >= 15 is 0 Å². The van der Waals surface area contributed by atoms with E-state index in [1.807, 2.05) is 20.8 Å². The number of hydrogen-bond acceptors (Lipinski definition) is 3.